The Morgan fingerprint density at radius 1 is 1.33 bits per heavy atom. The van der Waals surface area contributed by atoms with Gasteiger partial charge < -0.3 is 4.43 Å². The Bertz CT molecular complexity index is 423. The molecule has 1 aromatic carbocycles. The van der Waals surface area contributed by atoms with Crippen LogP contribution in [0.4, 0.5) is 0 Å². The van der Waals surface area contributed by atoms with Gasteiger partial charge in [0.1, 0.15) is 0 Å². The molecule has 0 radical (unpaired) electrons. The molecule has 1 aromatic rings. The van der Waals surface area contributed by atoms with E-state index < -0.39 is 8.32 Å². The molecule has 3 heteroatoms. The number of halogens is 1. The number of rotatable bonds is 4. The number of benzene rings is 1. The van der Waals surface area contributed by atoms with Gasteiger partial charge in [-0.25, -0.2) is 0 Å². The number of hydrogen-bond acceptors (Lipinski definition) is 1. The van der Waals surface area contributed by atoms with Gasteiger partial charge in [-0.15, -0.1) is 0 Å². The molecule has 0 N–H and O–H groups in total. The molecule has 0 saturated heterocycles. The van der Waals surface area contributed by atoms with Crippen LogP contribution in [0.15, 0.2) is 36.6 Å². The summed E-state index contributed by atoms with van der Waals surface area (Å²) in [5.41, 5.74) is 1.26. The van der Waals surface area contributed by atoms with Gasteiger partial charge in [0, 0.05) is 11.1 Å². The lowest BCUT2D eigenvalue weighted by Crippen LogP contribution is -2.45. The molecular formula is C15H23ClOSi. The highest BCUT2D eigenvalue weighted by molar-refractivity contribution is 6.75. The fourth-order valence-corrected chi connectivity index (χ4v) is 4.35. The molecular weight excluding hydrogens is 260 g/mol. The summed E-state index contributed by atoms with van der Waals surface area (Å²) in [6, 6.07) is 9.06. The van der Waals surface area contributed by atoms with E-state index in [0.717, 1.165) is 11.1 Å². The first-order chi connectivity index (χ1) is 8.28. The quantitative estimate of drug-likeness (QED) is 0.534. The molecule has 0 heterocycles. The minimum Gasteiger partial charge on any atom is -0.549 e. The predicted octanol–water partition coefficient (Wildman–Crippen LogP) is 5.35. The van der Waals surface area contributed by atoms with Crippen LogP contribution >= 0.6 is 11.6 Å². The van der Waals surface area contributed by atoms with E-state index in [-0.39, 0.29) is 5.04 Å². The standard InChI is InChI=1S/C15H23ClOSi/c1-6-10-17-18(5,15(2,3)4)12-13-8-7-9-14(16)11-13/h6-11H,12H2,1-5H3/b10-6-. The predicted molar refractivity (Wildman–Crippen MR) is 82.4 cm³/mol. The van der Waals surface area contributed by atoms with E-state index in [1.54, 1.807) is 0 Å². The zero-order valence-electron chi connectivity index (χ0n) is 12.0. The molecule has 0 bridgehead atoms. The van der Waals surface area contributed by atoms with Crippen molar-refractivity contribution in [1.29, 1.82) is 0 Å². The van der Waals surface area contributed by atoms with Crippen molar-refractivity contribution < 1.29 is 4.43 Å². The topological polar surface area (TPSA) is 9.23 Å². The molecule has 1 atom stereocenters. The molecule has 0 saturated carbocycles. The summed E-state index contributed by atoms with van der Waals surface area (Å²) in [4.78, 5) is 0. The Morgan fingerprint density at radius 2 is 2.00 bits per heavy atom. The Kier molecular flexibility index (Phi) is 5.06. The summed E-state index contributed by atoms with van der Waals surface area (Å²) >= 11 is 6.05. The maximum atomic E-state index is 6.10. The largest absolute Gasteiger partial charge is 0.549 e. The van der Waals surface area contributed by atoms with Crippen LogP contribution in [0.5, 0.6) is 0 Å². The zero-order chi connectivity index (χ0) is 13.8. The van der Waals surface area contributed by atoms with Crippen LogP contribution in [0.3, 0.4) is 0 Å². The fourth-order valence-electron chi connectivity index (χ4n) is 1.74. The van der Waals surface area contributed by atoms with Crippen molar-refractivity contribution in [2.45, 2.75) is 45.3 Å². The van der Waals surface area contributed by atoms with E-state index in [0.29, 0.717) is 0 Å². The van der Waals surface area contributed by atoms with Crippen LogP contribution in [0.25, 0.3) is 0 Å². The molecule has 100 valence electrons. The molecule has 0 fully saturated rings. The normalized spacial score (nSPS) is 15.7. The Morgan fingerprint density at radius 3 is 2.50 bits per heavy atom. The van der Waals surface area contributed by atoms with E-state index in [1.807, 2.05) is 37.5 Å². The van der Waals surface area contributed by atoms with Crippen molar-refractivity contribution in [2.24, 2.45) is 0 Å². The second-order valence-electron chi connectivity index (χ2n) is 5.87. The second kappa shape index (κ2) is 5.94. The third kappa shape index (κ3) is 3.89. The van der Waals surface area contributed by atoms with E-state index in [4.69, 9.17) is 16.0 Å². The average molecular weight is 283 g/mol. The Labute approximate surface area is 117 Å². The molecule has 0 aliphatic carbocycles. The zero-order valence-corrected chi connectivity index (χ0v) is 13.7. The molecule has 0 spiro atoms. The highest BCUT2D eigenvalue weighted by Gasteiger charge is 2.43. The van der Waals surface area contributed by atoms with Gasteiger partial charge in [-0.2, -0.15) is 0 Å². The van der Waals surface area contributed by atoms with E-state index in [9.17, 15) is 0 Å². The van der Waals surface area contributed by atoms with E-state index in [2.05, 4.69) is 33.4 Å². The van der Waals surface area contributed by atoms with Gasteiger partial charge in [0.25, 0.3) is 8.32 Å². The van der Waals surface area contributed by atoms with Gasteiger partial charge in [0.05, 0.1) is 6.26 Å². The fraction of sp³-hybridized carbons (Fsp3) is 0.467. The SMILES string of the molecule is C/C=C\O[Si](C)(Cc1cccc(Cl)c1)C(C)(C)C. The van der Waals surface area contributed by atoms with Crippen molar-refractivity contribution in [3.8, 4) is 0 Å². The lowest BCUT2D eigenvalue weighted by atomic mass is 10.2. The first-order valence-corrected chi connectivity index (χ1v) is 9.31. The summed E-state index contributed by atoms with van der Waals surface area (Å²) in [5.74, 6) is 0. The summed E-state index contributed by atoms with van der Waals surface area (Å²) in [6.45, 7) is 11.0. The van der Waals surface area contributed by atoms with Crippen LogP contribution < -0.4 is 0 Å². The molecule has 1 rings (SSSR count). The summed E-state index contributed by atoms with van der Waals surface area (Å²) in [7, 11) is -1.88. The van der Waals surface area contributed by atoms with Gasteiger partial charge in [-0.05, 0) is 36.2 Å². The first kappa shape index (κ1) is 15.3. The maximum absolute atomic E-state index is 6.10. The molecule has 0 aliphatic rings. The molecule has 18 heavy (non-hydrogen) atoms. The van der Waals surface area contributed by atoms with Crippen molar-refractivity contribution in [3.63, 3.8) is 0 Å². The second-order valence-corrected chi connectivity index (χ2v) is 10.9. The van der Waals surface area contributed by atoms with Gasteiger partial charge in [0.2, 0.25) is 0 Å². The van der Waals surface area contributed by atoms with E-state index >= 15 is 0 Å². The van der Waals surface area contributed by atoms with Crippen LogP contribution in [0.2, 0.25) is 16.6 Å². The van der Waals surface area contributed by atoms with Gasteiger partial charge in [-0.3, -0.25) is 0 Å². The van der Waals surface area contributed by atoms with Crippen LogP contribution in [0.1, 0.15) is 33.3 Å². The van der Waals surface area contributed by atoms with Gasteiger partial charge in [-0.1, -0.05) is 50.6 Å². The minimum absolute atomic E-state index is 0.175. The van der Waals surface area contributed by atoms with E-state index in [1.165, 1.54) is 5.56 Å². The van der Waals surface area contributed by atoms with Crippen molar-refractivity contribution in [2.75, 3.05) is 0 Å². The number of hydrogen-bond donors (Lipinski definition) is 0. The first-order valence-electron chi connectivity index (χ1n) is 6.32. The molecule has 1 unspecified atom stereocenters. The van der Waals surface area contributed by atoms with Crippen LogP contribution in [-0.4, -0.2) is 8.32 Å². The number of allylic oxidation sites excluding steroid dienone is 1. The Balaban J connectivity index is 2.98. The lowest BCUT2D eigenvalue weighted by molar-refractivity contribution is 0.419. The smallest absolute Gasteiger partial charge is 0.256 e. The van der Waals surface area contributed by atoms with Crippen molar-refractivity contribution in [1.82, 2.24) is 0 Å². The molecule has 0 aromatic heterocycles. The maximum Gasteiger partial charge on any atom is 0.256 e. The van der Waals surface area contributed by atoms with Gasteiger partial charge in [0.15, 0.2) is 0 Å². The van der Waals surface area contributed by atoms with Gasteiger partial charge >= 0.3 is 0 Å². The van der Waals surface area contributed by atoms with Crippen LogP contribution in [0, 0.1) is 0 Å². The van der Waals surface area contributed by atoms with Crippen LogP contribution in [-0.2, 0) is 10.5 Å². The average Bonchev–Trinajstić information content (AvgIpc) is 2.25. The highest BCUT2D eigenvalue weighted by Crippen LogP contribution is 2.39. The molecule has 0 amide bonds. The lowest BCUT2D eigenvalue weighted by Gasteiger charge is -2.38. The monoisotopic (exact) mass is 282 g/mol. The van der Waals surface area contributed by atoms with Crippen molar-refractivity contribution in [3.05, 3.63) is 47.2 Å². The highest BCUT2D eigenvalue weighted by atomic mass is 35.5. The molecule has 0 aliphatic heterocycles. The minimum atomic E-state index is -1.88. The summed E-state index contributed by atoms with van der Waals surface area (Å²) < 4.78 is 6.10. The third-order valence-electron chi connectivity index (χ3n) is 3.48. The summed E-state index contributed by atoms with van der Waals surface area (Å²) in [5, 5.41) is 0.971. The summed E-state index contributed by atoms with van der Waals surface area (Å²) in [6.07, 6.45) is 3.79. The molecule has 1 nitrogen and oxygen atoms in total. The third-order valence-corrected chi connectivity index (χ3v) is 8.63. The van der Waals surface area contributed by atoms with Crippen molar-refractivity contribution >= 4 is 19.9 Å². The Hall–Kier alpha value is -0.733.